The molecule has 0 aliphatic carbocycles. The summed E-state index contributed by atoms with van der Waals surface area (Å²) in [7, 11) is 0. The standard InChI is InChI=1S/C13H12FN3/c1-9(2)10-3-5-12(6-4-10)17-13(14)11(7-15)8-16-17/h3-6,8-9H,1-2H3. The molecule has 0 amide bonds. The van der Waals surface area contributed by atoms with Gasteiger partial charge in [-0.1, -0.05) is 26.0 Å². The van der Waals surface area contributed by atoms with Crippen molar-refractivity contribution in [2.75, 3.05) is 0 Å². The van der Waals surface area contributed by atoms with Crippen LogP contribution in [0.2, 0.25) is 0 Å². The van der Waals surface area contributed by atoms with Gasteiger partial charge in [0, 0.05) is 0 Å². The number of nitrogens with zero attached hydrogens (tertiary/aromatic N) is 3. The Morgan fingerprint density at radius 3 is 2.41 bits per heavy atom. The van der Waals surface area contributed by atoms with Gasteiger partial charge in [-0.05, 0) is 23.6 Å². The predicted octanol–water partition coefficient (Wildman–Crippen LogP) is 3.01. The predicted molar refractivity (Wildman–Crippen MR) is 62.3 cm³/mol. The van der Waals surface area contributed by atoms with Crippen molar-refractivity contribution in [3.8, 4) is 11.8 Å². The van der Waals surface area contributed by atoms with E-state index in [4.69, 9.17) is 5.26 Å². The van der Waals surface area contributed by atoms with Crippen LogP contribution in [0.15, 0.2) is 30.5 Å². The fraction of sp³-hybridized carbons (Fsp3) is 0.231. The van der Waals surface area contributed by atoms with Gasteiger partial charge >= 0.3 is 0 Å². The Balaban J connectivity index is 2.40. The van der Waals surface area contributed by atoms with Gasteiger partial charge in [0.15, 0.2) is 0 Å². The van der Waals surface area contributed by atoms with Crippen LogP contribution >= 0.6 is 0 Å². The molecular formula is C13H12FN3. The Hall–Kier alpha value is -2.15. The van der Waals surface area contributed by atoms with Crippen molar-refractivity contribution in [3.63, 3.8) is 0 Å². The highest BCUT2D eigenvalue weighted by molar-refractivity contribution is 5.37. The summed E-state index contributed by atoms with van der Waals surface area (Å²) in [5.41, 5.74) is 1.76. The van der Waals surface area contributed by atoms with Gasteiger partial charge in [-0.25, -0.2) is 4.68 Å². The van der Waals surface area contributed by atoms with Crippen LogP contribution < -0.4 is 0 Å². The number of nitriles is 1. The molecule has 0 aliphatic heterocycles. The van der Waals surface area contributed by atoms with E-state index in [-0.39, 0.29) is 5.56 Å². The van der Waals surface area contributed by atoms with Gasteiger partial charge < -0.3 is 0 Å². The largest absolute Gasteiger partial charge is 0.234 e. The van der Waals surface area contributed by atoms with Gasteiger partial charge in [-0.3, -0.25) is 0 Å². The second-order valence-corrected chi connectivity index (χ2v) is 4.12. The minimum Gasteiger partial charge on any atom is -0.206 e. The summed E-state index contributed by atoms with van der Waals surface area (Å²) < 4.78 is 14.8. The van der Waals surface area contributed by atoms with E-state index in [1.54, 1.807) is 18.2 Å². The van der Waals surface area contributed by atoms with Crippen molar-refractivity contribution in [1.29, 1.82) is 5.26 Å². The molecule has 0 spiro atoms. The number of aromatic nitrogens is 2. The molecule has 0 unspecified atom stereocenters. The number of halogens is 1. The van der Waals surface area contributed by atoms with Crippen LogP contribution in [0.5, 0.6) is 0 Å². The molecule has 0 saturated carbocycles. The molecule has 0 N–H and O–H groups in total. The summed E-state index contributed by atoms with van der Waals surface area (Å²) in [4.78, 5) is 0. The number of hydrogen-bond acceptors (Lipinski definition) is 2. The van der Waals surface area contributed by atoms with Gasteiger partial charge in [-0.15, -0.1) is 0 Å². The van der Waals surface area contributed by atoms with Gasteiger partial charge in [0.05, 0.1) is 11.9 Å². The smallest absolute Gasteiger partial charge is 0.206 e. The zero-order chi connectivity index (χ0) is 12.4. The highest BCUT2D eigenvalue weighted by Crippen LogP contribution is 2.18. The van der Waals surface area contributed by atoms with Crippen molar-refractivity contribution in [3.05, 3.63) is 47.5 Å². The van der Waals surface area contributed by atoms with Crippen molar-refractivity contribution in [2.24, 2.45) is 0 Å². The lowest BCUT2D eigenvalue weighted by Gasteiger charge is -2.07. The maximum Gasteiger partial charge on any atom is 0.234 e. The average molecular weight is 229 g/mol. The molecule has 4 heteroatoms. The van der Waals surface area contributed by atoms with Crippen molar-refractivity contribution in [2.45, 2.75) is 19.8 Å². The molecule has 0 aliphatic rings. The summed E-state index contributed by atoms with van der Waals surface area (Å²) in [6.45, 7) is 4.19. The molecule has 1 aromatic carbocycles. The monoisotopic (exact) mass is 229 g/mol. The second kappa shape index (κ2) is 4.38. The van der Waals surface area contributed by atoms with E-state index in [0.717, 1.165) is 4.68 Å². The first-order chi connectivity index (χ1) is 8.13. The first kappa shape index (κ1) is 11.3. The number of rotatable bonds is 2. The number of benzene rings is 1. The molecule has 2 aromatic rings. The maximum absolute atomic E-state index is 13.7. The van der Waals surface area contributed by atoms with Crippen LogP contribution in [0, 0.1) is 17.3 Å². The summed E-state index contributed by atoms with van der Waals surface area (Å²) >= 11 is 0. The van der Waals surface area contributed by atoms with E-state index >= 15 is 0 Å². The molecule has 1 heterocycles. The summed E-state index contributed by atoms with van der Waals surface area (Å²) in [6, 6.07) is 9.23. The Labute approximate surface area is 99.1 Å². The van der Waals surface area contributed by atoms with Gasteiger partial charge in [0.1, 0.15) is 11.6 Å². The lowest BCUT2D eigenvalue weighted by atomic mass is 10.0. The van der Waals surface area contributed by atoms with E-state index in [2.05, 4.69) is 18.9 Å². The average Bonchev–Trinajstić information content (AvgIpc) is 2.70. The van der Waals surface area contributed by atoms with Crippen LogP contribution in [0.3, 0.4) is 0 Å². The topological polar surface area (TPSA) is 41.6 Å². The van der Waals surface area contributed by atoms with Crippen molar-refractivity contribution < 1.29 is 4.39 Å². The highest BCUT2D eigenvalue weighted by atomic mass is 19.1. The quantitative estimate of drug-likeness (QED) is 0.794. The SMILES string of the molecule is CC(C)c1ccc(-n2ncc(C#N)c2F)cc1. The molecule has 17 heavy (non-hydrogen) atoms. The van der Waals surface area contributed by atoms with E-state index in [1.165, 1.54) is 11.8 Å². The lowest BCUT2D eigenvalue weighted by Crippen LogP contribution is -2.00. The molecule has 2 rings (SSSR count). The van der Waals surface area contributed by atoms with Crippen LogP contribution in [0.4, 0.5) is 4.39 Å². The summed E-state index contributed by atoms with van der Waals surface area (Å²) in [5.74, 6) is -0.189. The highest BCUT2D eigenvalue weighted by Gasteiger charge is 2.11. The Morgan fingerprint density at radius 1 is 1.29 bits per heavy atom. The van der Waals surface area contributed by atoms with Gasteiger partial charge in [0.2, 0.25) is 5.95 Å². The third-order valence-corrected chi connectivity index (χ3v) is 2.64. The van der Waals surface area contributed by atoms with Gasteiger partial charge in [0.25, 0.3) is 0 Å². The summed E-state index contributed by atoms with van der Waals surface area (Å²) in [5, 5.41) is 12.5. The second-order valence-electron chi connectivity index (χ2n) is 4.12. The van der Waals surface area contributed by atoms with Crippen LogP contribution in [0.25, 0.3) is 5.69 Å². The normalized spacial score (nSPS) is 10.5. The van der Waals surface area contributed by atoms with E-state index in [1.807, 2.05) is 12.1 Å². The molecule has 0 fully saturated rings. The third kappa shape index (κ3) is 2.04. The molecule has 0 atom stereocenters. The van der Waals surface area contributed by atoms with E-state index in [9.17, 15) is 4.39 Å². The molecular weight excluding hydrogens is 217 g/mol. The number of hydrogen-bond donors (Lipinski definition) is 0. The molecule has 3 nitrogen and oxygen atoms in total. The minimum atomic E-state index is -0.621. The fourth-order valence-corrected chi connectivity index (χ4v) is 1.59. The Kier molecular flexibility index (Phi) is 2.92. The zero-order valence-corrected chi connectivity index (χ0v) is 9.68. The van der Waals surface area contributed by atoms with Crippen LogP contribution in [-0.2, 0) is 0 Å². The Morgan fingerprint density at radius 2 is 1.94 bits per heavy atom. The van der Waals surface area contributed by atoms with Crippen LogP contribution in [-0.4, -0.2) is 9.78 Å². The van der Waals surface area contributed by atoms with Gasteiger partial charge in [-0.2, -0.15) is 14.8 Å². The zero-order valence-electron chi connectivity index (χ0n) is 9.68. The first-order valence-corrected chi connectivity index (χ1v) is 5.37. The minimum absolute atomic E-state index is 0.0436. The Bertz CT molecular complexity index is 561. The molecule has 86 valence electrons. The third-order valence-electron chi connectivity index (χ3n) is 2.64. The molecule has 1 aromatic heterocycles. The molecule has 0 saturated heterocycles. The first-order valence-electron chi connectivity index (χ1n) is 5.37. The maximum atomic E-state index is 13.7. The summed E-state index contributed by atoms with van der Waals surface area (Å²) in [6.07, 6.45) is 1.23. The molecule has 0 radical (unpaired) electrons. The lowest BCUT2D eigenvalue weighted by molar-refractivity contribution is 0.534. The van der Waals surface area contributed by atoms with E-state index in [0.29, 0.717) is 11.6 Å². The van der Waals surface area contributed by atoms with E-state index < -0.39 is 5.95 Å². The van der Waals surface area contributed by atoms with Crippen molar-refractivity contribution in [1.82, 2.24) is 9.78 Å². The van der Waals surface area contributed by atoms with Crippen LogP contribution in [0.1, 0.15) is 30.9 Å². The van der Waals surface area contributed by atoms with Crippen molar-refractivity contribution >= 4 is 0 Å². The fourth-order valence-electron chi connectivity index (χ4n) is 1.59. The molecule has 0 bridgehead atoms.